The standard InChI is InChI=1S/C17H19ClN6.2ClH/c18-15-8-12-7-14(24-10-13(9-19)21-11-24)1-2-16(12)22-17(15)23-5-3-20-4-6-23;;/h1-2,7-8,10-11,20H,3-6,9,19H2;2*1H. The zero-order chi connectivity index (χ0) is 16.5. The van der Waals surface area contributed by atoms with Gasteiger partial charge in [-0.15, -0.1) is 24.8 Å². The summed E-state index contributed by atoms with van der Waals surface area (Å²) < 4.78 is 1.96. The fourth-order valence-electron chi connectivity index (χ4n) is 3.00. The van der Waals surface area contributed by atoms with Gasteiger partial charge in [0.25, 0.3) is 0 Å². The van der Waals surface area contributed by atoms with Gasteiger partial charge in [-0.3, -0.25) is 0 Å². The monoisotopic (exact) mass is 414 g/mol. The maximum atomic E-state index is 6.50. The predicted octanol–water partition coefficient (Wildman–Crippen LogP) is 2.79. The van der Waals surface area contributed by atoms with Crippen LogP contribution in [0.15, 0.2) is 36.8 Å². The summed E-state index contributed by atoms with van der Waals surface area (Å²) in [6.45, 7) is 4.20. The predicted molar refractivity (Wildman–Crippen MR) is 111 cm³/mol. The summed E-state index contributed by atoms with van der Waals surface area (Å²) in [5, 5.41) is 5.05. The summed E-state index contributed by atoms with van der Waals surface area (Å²) in [6.07, 6.45) is 3.71. The summed E-state index contributed by atoms with van der Waals surface area (Å²) in [5.41, 5.74) is 8.44. The largest absolute Gasteiger partial charge is 0.353 e. The van der Waals surface area contributed by atoms with Gasteiger partial charge in [0.15, 0.2) is 0 Å². The molecule has 1 aliphatic rings. The first-order valence-corrected chi connectivity index (χ1v) is 8.42. The Morgan fingerprint density at radius 2 is 1.92 bits per heavy atom. The molecule has 1 aliphatic heterocycles. The highest BCUT2D eigenvalue weighted by molar-refractivity contribution is 6.33. The minimum atomic E-state index is 0. The van der Waals surface area contributed by atoms with E-state index in [2.05, 4.69) is 21.3 Å². The van der Waals surface area contributed by atoms with Crippen molar-refractivity contribution in [3.8, 4) is 5.69 Å². The Hall–Kier alpha value is -1.57. The van der Waals surface area contributed by atoms with E-state index in [1.165, 1.54) is 0 Å². The van der Waals surface area contributed by atoms with Crippen molar-refractivity contribution in [3.05, 3.63) is 47.5 Å². The molecule has 1 aromatic carbocycles. The third-order valence-electron chi connectivity index (χ3n) is 4.29. The second kappa shape index (κ2) is 8.88. The van der Waals surface area contributed by atoms with Crippen LogP contribution in [-0.4, -0.2) is 40.7 Å². The molecule has 0 bridgehead atoms. The van der Waals surface area contributed by atoms with Crippen LogP contribution in [0.3, 0.4) is 0 Å². The van der Waals surface area contributed by atoms with E-state index < -0.39 is 0 Å². The molecule has 1 saturated heterocycles. The van der Waals surface area contributed by atoms with Crippen molar-refractivity contribution in [1.29, 1.82) is 0 Å². The molecule has 3 heterocycles. The van der Waals surface area contributed by atoms with Gasteiger partial charge in [-0.2, -0.15) is 0 Å². The number of pyridine rings is 1. The number of nitrogens with zero attached hydrogens (tertiary/aromatic N) is 4. The van der Waals surface area contributed by atoms with Gasteiger partial charge in [-0.1, -0.05) is 11.6 Å². The lowest BCUT2D eigenvalue weighted by Gasteiger charge is -2.29. The van der Waals surface area contributed by atoms with Crippen molar-refractivity contribution in [2.24, 2.45) is 5.73 Å². The molecule has 3 aromatic rings. The number of hydrogen-bond acceptors (Lipinski definition) is 5. The Morgan fingerprint density at radius 3 is 2.62 bits per heavy atom. The molecule has 9 heteroatoms. The van der Waals surface area contributed by atoms with Gasteiger partial charge in [0.2, 0.25) is 0 Å². The maximum Gasteiger partial charge on any atom is 0.148 e. The molecule has 1 fully saturated rings. The molecule has 26 heavy (non-hydrogen) atoms. The summed E-state index contributed by atoms with van der Waals surface area (Å²) in [7, 11) is 0. The van der Waals surface area contributed by atoms with Gasteiger partial charge in [0.05, 0.1) is 22.6 Å². The van der Waals surface area contributed by atoms with Crippen LogP contribution >= 0.6 is 36.4 Å². The van der Waals surface area contributed by atoms with Crippen molar-refractivity contribution in [3.63, 3.8) is 0 Å². The number of imidazole rings is 1. The van der Waals surface area contributed by atoms with E-state index in [1.54, 1.807) is 6.33 Å². The van der Waals surface area contributed by atoms with Gasteiger partial charge >= 0.3 is 0 Å². The zero-order valence-electron chi connectivity index (χ0n) is 14.1. The fraction of sp³-hybridized carbons (Fsp3) is 0.294. The Morgan fingerprint density at radius 1 is 1.15 bits per heavy atom. The van der Waals surface area contributed by atoms with Crippen LogP contribution < -0.4 is 16.0 Å². The molecule has 6 nitrogen and oxygen atoms in total. The average Bonchev–Trinajstić information content (AvgIpc) is 3.10. The number of anilines is 1. The smallest absolute Gasteiger partial charge is 0.148 e. The Labute approximate surface area is 169 Å². The number of nitrogens with two attached hydrogens (primary N) is 1. The number of nitrogens with one attached hydrogen (secondary N) is 1. The molecule has 0 aliphatic carbocycles. The molecule has 0 atom stereocenters. The summed E-state index contributed by atoms with van der Waals surface area (Å²) in [6, 6.07) is 8.12. The normalized spacial score (nSPS) is 14.0. The van der Waals surface area contributed by atoms with Crippen LogP contribution in [0.4, 0.5) is 5.82 Å². The highest BCUT2D eigenvalue weighted by atomic mass is 35.5. The average molecular weight is 416 g/mol. The highest BCUT2D eigenvalue weighted by Gasteiger charge is 2.16. The molecule has 140 valence electrons. The Balaban J connectivity index is 0.00000121. The van der Waals surface area contributed by atoms with Gasteiger partial charge in [0.1, 0.15) is 5.82 Å². The molecule has 0 unspecified atom stereocenters. The molecule has 0 saturated carbocycles. The highest BCUT2D eigenvalue weighted by Crippen LogP contribution is 2.29. The lowest BCUT2D eigenvalue weighted by Crippen LogP contribution is -2.44. The summed E-state index contributed by atoms with van der Waals surface area (Å²) >= 11 is 6.50. The number of aromatic nitrogens is 3. The summed E-state index contributed by atoms with van der Waals surface area (Å²) in [5.74, 6) is 0.867. The number of halogens is 3. The molecule has 4 rings (SSSR count). The fourth-order valence-corrected chi connectivity index (χ4v) is 3.28. The van der Waals surface area contributed by atoms with Crippen LogP contribution in [0.5, 0.6) is 0 Å². The molecule has 3 N–H and O–H groups in total. The minimum absolute atomic E-state index is 0. The van der Waals surface area contributed by atoms with Gasteiger partial charge in [-0.05, 0) is 24.3 Å². The van der Waals surface area contributed by atoms with Crippen LogP contribution in [-0.2, 0) is 6.54 Å². The first-order chi connectivity index (χ1) is 11.7. The number of hydrogen-bond donors (Lipinski definition) is 2. The van der Waals surface area contributed by atoms with Gasteiger partial charge in [0, 0.05) is 50.0 Å². The van der Waals surface area contributed by atoms with E-state index in [9.17, 15) is 0 Å². The lowest BCUT2D eigenvalue weighted by molar-refractivity contribution is 0.585. The molecular formula is C17H21Cl3N6. The topological polar surface area (TPSA) is 72.0 Å². The van der Waals surface area contributed by atoms with E-state index in [4.69, 9.17) is 22.3 Å². The second-order valence-corrected chi connectivity index (χ2v) is 6.29. The third-order valence-corrected chi connectivity index (χ3v) is 4.57. The van der Waals surface area contributed by atoms with E-state index in [-0.39, 0.29) is 24.8 Å². The summed E-state index contributed by atoms with van der Waals surface area (Å²) in [4.78, 5) is 11.3. The van der Waals surface area contributed by atoms with Crippen LogP contribution in [0.25, 0.3) is 16.6 Å². The van der Waals surface area contributed by atoms with Crippen molar-refractivity contribution >= 4 is 53.1 Å². The number of fused-ring (bicyclic) bond motifs is 1. The van der Waals surface area contributed by atoms with Gasteiger partial charge in [-0.25, -0.2) is 9.97 Å². The number of benzene rings is 1. The van der Waals surface area contributed by atoms with E-state index in [1.807, 2.05) is 29.0 Å². The van der Waals surface area contributed by atoms with Gasteiger partial charge < -0.3 is 20.5 Å². The molecule has 2 aromatic heterocycles. The van der Waals surface area contributed by atoms with Crippen molar-refractivity contribution in [1.82, 2.24) is 19.9 Å². The minimum Gasteiger partial charge on any atom is -0.353 e. The van der Waals surface area contributed by atoms with Crippen LogP contribution in [0.2, 0.25) is 5.02 Å². The van der Waals surface area contributed by atoms with E-state index >= 15 is 0 Å². The first kappa shape index (κ1) is 20.7. The maximum absolute atomic E-state index is 6.50. The Bertz CT molecular complexity index is 876. The quantitative estimate of drug-likeness (QED) is 0.688. The first-order valence-electron chi connectivity index (χ1n) is 8.04. The SMILES string of the molecule is Cl.Cl.NCc1cn(-c2ccc3nc(N4CCNCC4)c(Cl)cc3c2)cn1. The molecule has 0 amide bonds. The molecule has 0 radical (unpaired) electrons. The van der Waals surface area contributed by atoms with Crippen LogP contribution in [0.1, 0.15) is 5.69 Å². The zero-order valence-corrected chi connectivity index (χ0v) is 16.4. The second-order valence-electron chi connectivity index (χ2n) is 5.88. The third kappa shape index (κ3) is 4.05. The number of rotatable bonds is 3. The van der Waals surface area contributed by atoms with E-state index in [0.717, 1.165) is 54.3 Å². The van der Waals surface area contributed by atoms with Crippen molar-refractivity contribution < 1.29 is 0 Å². The van der Waals surface area contributed by atoms with Crippen molar-refractivity contribution in [2.75, 3.05) is 31.1 Å². The van der Waals surface area contributed by atoms with Crippen molar-refractivity contribution in [2.45, 2.75) is 6.54 Å². The van der Waals surface area contributed by atoms with E-state index in [0.29, 0.717) is 11.6 Å². The lowest BCUT2D eigenvalue weighted by atomic mass is 10.2. The van der Waals surface area contributed by atoms with Crippen LogP contribution in [0, 0.1) is 0 Å². The molecule has 0 spiro atoms. The Kier molecular flexibility index (Phi) is 7.08. The number of piperazine rings is 1. The molecular weight excluding hydrogens is 395 g/mol.